The third kappa shape index (κ3) is 2.27. The largest absolute Gasteiger partial charge is 0.481 e. The van der Waals surface area contributed by atoms with Crippen molar-refractivity contribution in [2.45, 2.75) is 19.3 Å². The van der Waals surface area contributed by atoms with E-state index in [1.807, 2.05) is 0 Å². The van der Waals surface area contributed by atoms with Gasteiger partial charge < -0.3 is 10.2 Å². The lowest BCUT2D eigenvalue weighted by Crippen LogP contribution is -2.17. The molecule has 72 valence electrons. The lowest BCUT2D eigenvalue weighted by molar-refractivity contribution is -0.145. The van der Waals surface area contributed by atoms with Gasteiger partial charge in [-0.15, -0.1) is 0 Å². The second-order valence-electron chi connectivity index (χ2n) is 3.26. The monoisotopic (exact) mass is 186 g/mol. The molecule has 2 unspecified atom stereocenters. The third-order valence-electron chi connectivity index (χ3n) is 2.21. The van der Waals surface area contributed by atoms with Gasteiger partial charge in [0.25, 0.3) is 0 Å². The van der Waals surface area contributed by atoms with Gasteiger partial charge in [-0.1, -0.05) is 0 Å². The van der Waals surface area contributed by atoms with Gasteiger partial charge >= 0.3 is 11.9 Å². The number of carbonyl (C=O) groups excluding carboxylic acids is 1. The Hall–Kier alpha value is -1.39. The van der Waals surface area contributed by atoms with Crippen LogP contribution in [0.3, 0.4) is 0 Å². The summed E-state index contributed by atoms with van der Waals surface area (Å²) in [6.45, 7) is 0. The Balaban J connectivity index is 2.55. The standard InChI is InChI=1S/C8H10O5/c9-6-2-4(3-7(10)11)1-5(6)8(12)13/h4-5H,1-3H2,(H,10,11)(H,12,13). The molecule has 0 aromatic heterocycles. The molecule has 2 atom stereocenters. The zero-order chi connectivity index (χ0) is 10.0. The summed E-state index contributed by atoms with van der Waals surface area (Å²) in [4.78, 5) is 31.8. The van der Waals surface area contributed by atoms with Gasteiger partial charge in [0.05, 0.1) is 0 Å². The Morgan fingerprint density at radius 3 is 2.38 bits per heavy atom. The molecule has 5 nitrogen and oxygen atoms in total. The van der Waals surface area contributed by atoms with Crippen LogP contribution in [-0.2, 0) is 14.4 Å². The van der Waals surface area contributed by atoms with Crippen LogP contribution in [0.1, 0.15) is 19.3 Å². The van der Waals surface area contributed by atoms with Gasteiger partial charge in [0.15, 0.2) is 0 Å². The van der Waals surface area contributed by atoms with Crippen LogP contribution in [0, 0.1) is 11.8 Å². The van der Waals surface area contributed by atoms with E-state index in [4.69, 9.17) is 10.2 Å². The fourth-order valence-corrected chi connectivity index (χ4v) is 1.62. The Labute approximate surface area is 74.4 Å². The molecule has 0 aromatic carbocycles. The normalized spacial score (nSPS) is 27.5. The minimum atomic E-state index is -1.14. The maximum atomic E-state index is 11.0. The van der Waals surface area contributed by atoms with E-state index >= 15 is 0 Å². The minimum absolute atomic E-state index is 0.0866. The van der Waals surface area contributed by atoms with Crippen molar-refractivity contribution in [3.05, 3.63) is 0 Å². The first-order chi connectivity index (χ1) is 6.00. The Kier molecular flexibility index (Phi) is 2.65. The molecular formula is C8H10O5. The number of rotatable bonds is 3. The van der Waals surface area contributed by atoms with Crippen molar-refractivity contribution in [3.63, 3.8) is 0 Å². The number of hydrogen-bond donors (Lipinski definition) is 2. The van der Waals surface area contributed by atoms with Gasteiger partial charge in [-0.05, 0) is 12.3 Å². The van der Waals surface area contributed by atoms with E-state index in [9.17, 15) is 14.4 Å². The number of carboxylic acid groups (broad SMARTS) is 2. The summed E-state index contributed by atoms with van der Waals surface area (Å²) in [5, 5.41) is 17.0. The molecular weight excluding hydrogens is 176 g/mol. The molecule has 1 saturated carbocycles. The Morgan fingerprint density at radius 2 is 2.00 bits per heavy atom. The summed E-state index contributed by atoms with van der Waals surface area (Å²) in [5.41, 5.74) is 0. The smallest absolute Gasteiger partial charge is 0.314 e. The fourth-order valence-electron chi connectivity index (χ4n) is 1.62. The highest BCUT2D eigenvalue weighted by atomic mass is 16.4. The van der Waals surface area contributed by atoms with Crippen LogP contribution < -0.4 is 0 Å². The second-order valence-corrected chi connectivity index (χ2v) is 3.26. The van der Waals surface area contributed by atoms with Gasteiger partial charge in [-0.2, -0.15) is 0 Å². The van der Waals surface area contributed by atoms with Crippen molar-refractivity contribution in [2.24, 2.45) is 11.8 Å². The quantitative estimate of drug-likeness (QED) is 0.611. The first-order valence-electron chi connectivity index (χ1n) is 3.98. The summed E-state index contributed by atoms with van der Waals surface area (Å²) in [5.74, 6) is -3.75. The van der Waals surface area contributed by atoms with E-state index < -0.39 is 17.9 Å². The molecule has 0 heterocycles. The molecule has 2 N–H and O–H groups in total. The molecule has 0 saturated heterocycles. The number of carboxylic acids is 2. The van der Waals surface area contributed by atoms with Gasteiger partial charge in [0, 0.05) is 12.8 Å². The van der Waals surface area contributed by atoms with E-state index in [-0.39, 0.29) is 31.0 Å². The highest BCUT2D eigenvalue weighted by molar-refractivity contribution is 6.00. The molecule has 0 radical (unpaired) electrons. The minimum Gasteiger partial charge on any atom is -0.481 e. The van der Waals surface area contributed by atoms with Crippen LogP contribution in [0.2, 0.25) is 0 Å². The van der Waals surface area contributed by atoms with Crippen LogP contribution >= 0.6 is 0 Å². The second kappa shape index (κ2) is 3.55. The van der Waals surface area contributed by atoms with Gasteiger partial charge in [-0.25, -0.2) is 0 Å². The van der Waals surface area contributed by atoms with E-state index in [1.165, 1.54) is 0 Å². The highest BCUT2D eigenvalue weighted by Crippen LogP contribution is 2.30. The SMILES string of the molecule is O=C(O)CC1CC(=O)C(C(=O)O)C1. The molecule has 1 aliphatic rings. The highest BCUT2D eigenvalue weighted by Gasteiger charge is 2.37. The molecule has 1 rings (SSSR count). The molecule has 0 aromatic rings. The Bertz CT molecular complexity index is 257. The maximum absolute atomic E-state index is 11.0. The summed E-state index contributed by atoms with van der Waals surface area (Å²) < 4.78 is 0. The summed E-state index contributed by atoms with van der Waals surface area (Å²) in [6.07, 6.45) is 0.138. The average Bonchev–Trinajstić information content (AvgIpc) is 2.29. The first kappa shape index (κ1) is 9.70. The lowest BCUT2D eigenvalue weighted by Gasteiger charge is -2.02. The molecule has 0 bridgehead atoms. The number of carbonyl (C=O) groups is 3. The van der Waals surface area contributed by atoms with Crippen molar-refractivity contribution in [3.8, 4) is 0 Å². The molecule has 0 amide bonds. The van der Waals surface area contributed by atoms with Gasteiger partial charge in [0.2, 0.25) is 0 Å². The summed E-state index contributed by atoms with van der Waals surface area (Å²) >= 11 is 0. The Morgan fingerprint density at radius 1 is 1.38 bits per heavy atom. The van der Waals surface area contributed by atoms with E-state index in [0.29, 0.717) is 0 Å². The van der Waals surface area contributed by atoms with E-state index in [0.717, 1.165) is 0 Å². The van der Waals surface area contributed by atoms with Crippen molar-refractivity contribution < 1.29 is 24.6 Å². The van der Waals surface area contributed by atoms with Crippen LogP contribution in [0.25, 0.3) is 0 Å². The fraction of sp³-hybridized carbons (Fsp3) is 0.625. The molecule has 1 fully saturated rings. The number of aliphatic carboxylic acids is 2. The van der Waals surface area contributed by atoms with Crippen LogP contribution in [0.4, 0.5) is 0 Å². The van der Waals surface area contributed by atoms with Crippen LogP contribution in [0.15, 0.2) is 0 Å². The van der Waals surface area contributed by atoms with E-state index in [1.54, 1.807) is 0 Å². The van der Waals surface area contributed by atoms with Crippen LogP contribution in [0.5, 0.6) is 0 Å². The molecule has 0 aliphatic heterocycles. The van der Waals surface area contributed by atoms with Crippen molar-refractivity contribution in [2.75, 3.05) is 0 Å². The first-order valence-corrected chi connectivity index (χ1v) is 3.98. The van der Waals surface area contributed by atoms with Crippen molar-refractivity contribution in [1.29, 1.82) is 0 Å². The number of hydrogen-bond acceptors (Lipinski definition) is 3. The zero-order valence-corrected chi connectivity index (χ0v) is 6.90. The van der Waals surface area contributed by atoms with Gasteiger partial charge in [0.1, 0.15) is 11.7 Å². The number of ketones is 1. The summed E-state index contributed by atoms with van der Waals surface area (Å²) in [6, 6.07) is 0. The molecule has 0 spiro atoms. The zero-order valence-electron chi connectivity index (χ0n) is 6.90. The topological polar surface area (TPSA) is 91.7 Å². The summed E-state index contributed by atoms with van der Waals surface area (Å²) in [7, 11) is 0. The van der Waals surface area contributed by atoms with Crippen molar-refractivity contribution in [1.82, 2.24) is 0 Å². The predicted octanol–water partition coefficient (Wildman–Crippen LogP) is 0.141. The van der Waals surface area contributed by atoms with Crippen molar-refractivity contribution >= 4 is 17.7 Å². The predicted molar refractivity (Wildman–Crippen MR) is 41.1 cm³/mol. The molecule has 5 heteroatoms. The third-order valence-corrected chi connectivity index (χ3v) is 2.21. The number of Topliss-reactive ketones (excluding diaryl/α,β-unsaturated/α-hetero) is 1. The van der Waals surface area contributed by atoms with E-state index in [2.05, 4.69) is 0 Å². The maximum Gasteiger partial charge on any atom is 0.314 e. The van der Waals surface area contributed by atoms with Crippen LogP contribution in [-0.4, -0.2) is 27.9 Å². The average molecular weight is 186 g/mol. The van der Waals surface area contributed by atoms with Gasteiger partial charge in [-0.3, -0.25) is 14.4 Å². The molecule has 1 aliphatic carbocycles. The molecule has 13 heavy (non-hydrogen) atoms. The lowest BCUT2D eigenvalue weighted by atomic mass is 10.0.